The maximum Gasteiger partial charge on any atom is 0.269 e. The fourth-order valence-corrected chi connectivity index (χ4v) is 5.14. The van der Waals surface area contributed by atoms with E-state index in [2.05, 4.69) is 21.1 Å². The van der Waals surface area contributed by atoms with Crippen LogP contribution in [-0.4, -0.2) is 18.0 Å². The quantitative estimate of drug-likeness (QED) is 0.520. The Hall–Kier alpha value is -2.63. The molecule has 4 rings (SSSR count). The van der Waals surface area contributed by atoms with Crippen LogP contribution in [-0.2, 0) is 6.54 Å². The van der Waals surface area contributed by atoms with Gasteiger partial charge in [-0.2, -0.15) is 10.9 Å². The van der Waals surface area contributed by atoms with Crippen LogP contribution in [0.2, 0.25) is 5.02 Å². The largest absolute Gasteiger partial charge is 0.497 e. The molecule has 0 bridgehead atoms. The number of aromatic nitrogens is 1. The molecule has 2 heterocycles. The van der Waals surface area contributed by atoms with Crippen LogP contribution in [0.4, 0.5) is 0 Å². The van der Waals surface area contributed by atoms with Gasteiger partial charge in [-0.1, -0.05) is 35.9 Å². The van der Waals surface area contributed by atoms with Crippen LogP contribution in [0.15, 0.2) is 70.3 Å². The summed E-state index contributed by atoms with van der Waals surface area (Å²) < 4.78 is 5.24. The Morgan fingerprint density at radius 3 is 2.78 bits per heavy atom. The first-order chi connectivity index (χ1) is 13.2. The highest BCUT2D eigenvalue weighted by atomic mass is 35.5. The van der Waals surface area contributed by atoms with Gasteiger partial charge in [-0.15, -0.1) is 0 Å². The van der Waals surface area contributed by atoms with Gasteiger partial charge in [0.05, 0.1) is 7.11 Å². The molecule has 2 N–H and O–H groups in total. The second-order valence-electron chi connectivity index (χ2n) is 6.16. The summed E-state index contributed by atoms with van der Waals surface area (Å²) in [7, 11) is 0.956. The smallest absolute Gasteiger partial charge is 0.269 e. The van der Waals surface area contributed by atoms with E-state index < -0.39 is 10.9 Å². The average Bonchev–Trinajstić information content (AvgIpc) is 3.33. The molecule has 1 aliphatic rings. The number of hydrogen-bond acceptors (Lipinski definition) is 2. The molecule has 0 saturated heterocycles. The molecule has 4 nitrogen and oxygen atoms in total. The first-order valence-corrected chi connectivity index (χ1v) is 10.4. The predicted octanol–water partition coefficient (Wildman–Crippen LogP) is 5.16. The Morgan fingerprint density at radius 2 is 2.00 bits per heavy atom. The van der Waals surface area contributed by atoms with Gasteiger partial charge in [0.1, 0.15) is 11.4 Å². The van der Waals surface area contributed by atoms with Crippen molar-refractivity contribution >= 4 is 39.3 Å². The van der Waals surface area contributed by atoms with Crippen molar-refractivity contribution in [3.8, 4) is 5.75 Å². The zero-order valence-corrected chi connectivity index (χ0v) is 16.3. The summed E-state index contributed by atoms with van der Waals surface area (Å²) in [5.41, 5.74) is 2.49. The number of halogens is 1. The summed E-state index contributed by atoms with van der Waals surface area (Å²) >= 11 is 6.20. The number of carbonyl (C=O) groups excluding carboxylic acids is 1. The van der Waals surface area contributed by atoms with E-state index in [0.717, 1.165) is 27.1 Å². The van der Waals surface area contributed by atoms with Crippen molar-refractivity contribution < 1.29 is 9.53 Å². The maximum atomic E-state index is 13.0. The van der Waals surface area contributed by atoms with Crippen LogP contribution in [0.3, 0.4) is 0 Å². The highest BCUT2D eigenvalue weighted by molar-refractivity contribution is 8.22. The molecule has 0 radical (unpaired) electrons. The summed E-state index contributed by atoms with van der Waals surface area (Å²) in [6.45, 7) is 0.426. The van der Waals surface area contributed by atoms with E-state index in [1.807, 2.05) is 54.6 Å². The molecule has 0 fully saturated rings. The summed E-state index contributed by atoms with van der Waals surface area (Å²) in [4.78, 5) is 17.2. The van der Waals surface area contributed by atoms with Crippen molar-refractivity contribution in [1.82, 2.24) is 10.3 Å². The number of allylic oxidation sites excluding steroid dienone is 2. The number of aromatic amines is 1. The van der Waals surface area contributed by atoms with Crippen LogP contribution in [0.5, 0.6) is 5.75 Å². The summed E-state index contributed by atoms with van der Waals surface area (Å²) in [5.74, 6) is 0.642. The Kier molecular flexibility index (Phi) is 4.97. The van der Waals surface area contributed by atoms with Gasteiger partial charge in [0.15, 0.2) is 0 Å². The predicted molar refractivity (Wildman–Crippen MR) is 113 cm³/mol. The summed E-state index contributed by atoms with van der Waals surface area (Å²) in [6, 6.07) is 13.3. The van der Waals surface area contributed by atoms with Crippen LogP contribution < -0.4 is 10.1 Å². The normalized spacial score (nSPS) is 14.1. The Labute approximate surface area is 165 Å². The Bertz CT molecular complexity index is 1060. The van der Waals surface area contributed by atoms with Gasteiger partial charge >= 0.3 is 0 Å². The van der Waals surface area contributed by atoms with Crippen LogP contribution in [0.25, 0.3) is 10.9 Å². The second-order valence-corrected chi connectivity index (χ2v) is 8.46. The molecular weight excluding hydrogens is 380 g/mol. The van der Waals surface area contributed by atoms with Gasteiger partial charge in [-0.3, -0.25) is 4.79 Å². The lowest BCUT2D eigenvalue weighted by Gasteiger charge is -2.13. The second kappa shape index (κ2) is 7.55. The van der Waals surface area contributed by atoms with Gasteiger partial charge in [0.2, 0.25) is 0 Å². The van der Waals surface area contributed by atoms with Gasteiger partial charge in [0, 0.05) is 27.4 Å². The lowest BCUT2D eigenvalue weighted by molar-refractivity contribution is 0.0943. The van der Waals surface area contributed by atoms with Crippen molar-refractivity contribution in [1.29, 1.82) is 0 Å². The number of ether oxygens (including phenoxy) is 1. The molecular formula is C21H19ClN2O2S. The van der Waals surface area contributed by atoms with E-state index in [-0.39, 0.29) is 5.91 Å². The third kappa shape index (κ3) is 3.61. The average molecular weight is 399 g/mol. The molecule has 2 aromatic carbocycles. The number of thiol groups is 1. The lowest BCUT2D eigenvalue weighted by atomic mass is 10.2. The molecule has 3 aromatic rings. The molecule has 1 aliphatic heterocycles. The summed E-state index contributed by atoms with van der Waals surface area (Å²) in [6.07, 6.45) is 4.04. The van der Waals surface area contributed by atoms with Crippen LogP contribution in [0, 0.1) is 0 Å². The highest BCUT2D eigenvalue weighted by Gasteiger charge is 2.21. The number of amides is 1. The number of H-pyrrole nitrogens is 1. The lowest BCUT2D eigenvalue weighted by Crippen LogP contribution is -2.23. The molecule has 0 atom stereocenters. The Morgan fingerprint density at radius 1 is 1.19 bits per heavy atom. The standard InChI is InChI=1S/C21H19ClN2O2S/c1-26-16-6-4-5-14(11-16)13-23-21(25)19-20(27-9-2-3-10-27)17-12-15(22)7-8-18(17)24-19/h2-12,24,27H,13H2,1H3,(H,23,25). The number of carbonyl (C=O) groups is 1. The molecule has 6 heteroatoms. The highest BCUT2D eigenvalue weighted by Crippen LogP contribution is 2.48. The number of hydrogen-bond donors (Lipinski definition) is 3. The first-order valence-electron chi connectivity index (χ1n) is 8.51. The van der Waals surface area contributed by atoms with E-state index in [9.17, 15) is 4.79 Å². The number of rotatable bonds is 5. The molecule has 0 saturated carbocycles. The molecule has 27 heavy (non-hydrogen) atoms. The van der Waals surface area contributed by atoms with E-state index in [1.165, 1.54) is 0 Å². The molecule has 1 aromatic heterocycles. The molecule has 138 valence electrons. The zero-order valence-electron chi connectivity index (χ0n) is 14.7. The minimum absolute atomic E-state index is 0.128. The monoisotopic (exact) mass is 398 g/mol. The van der Waals surface area contributed by atoms with E-state index in [1.54, 1.807) is 7.11 Å². The number of methoxy groups -OCH3 is 1. The Balaban J connectivity index is 1.65. The van der Waals surface area contributed by atoms with Crippen molar-refractivity contribution in [2.45, 2.75) is 11.4 Å². The first kappa shape index (κ1) is 17.8. The van der Waals surface area contributed by atoms with E-state index in [0.29, 0.717) is 17.3 Å². The van der Waals surface area contributed by atoms with Gasteiger partial charge in [-0.05, 0) is 46.7 Å². The molecule has 0 spiro atoms. The fourth-order valence-electron chi connectivity index (χ4n) is 3.12. The number of fused-ring (bicyclic) bond motifs is 1. The topological polar surface area (TPSA) is 54.1 Å². The third-order valence-corrected chi connectivity index (χ3v) is 6.61. The third-order valence-electron chi connectivity index (χ3n) is 4.41. The van der Waals surface area contributed by atoms with Gasteiger partial charge in [0.25, 0.3) is 5.91 Å². The van der Waals surface area contributed by atoms with Gasteiger partial charge in [-0.25, -0.2) is 0 Å². The van der Waals surface area contributed by atoms with Crippen LogP contribution in [0.1, 0.15) is 16.1 Å². The fraction of sp³-hybridized carbons (Fsp3) is 0.0952. The SMILES string of the molecule is COc1cccc(CNC(=O)c2[nH]c3ccc(Cl)cc3c2[SH]2C=CC=C2)c1. The number of nitrogens with one attached hydrogen (secondary N) is 2. The van der Waals surface area contributed by atoms with E-state index in [4.69, 9.17) is 16.3 Å². The molecule has 1 amide bonds. The molecule has 0 aliphatic carbocycles. The minimum Gasteiger partial charge on any atom is -0.497 e. The van der Waals surface area contributed by atoms with Crippen molar-refractivity contribution in [2.24, 2.45) is 0 Å². The summed E-state index contributed by atoms with van der Waals surface area (Å²) in [5, 5.41) is 8.94. The van der Waals surface area contributed by atoms with E-state index >= 15 is 0 Å². The van der Waals surface area contributed by atoms with Crippen LogP contribution >= 0.6 is 22.5 Å². The molecule has 0 unspecified atom stereocenters. The maximum absolute atomic E-state index is 13.0. The number of benzene rings is 2. The van der Waals surface area contributed by atoms with Crippen molar-refractivity contribution in [3.63, 3.8) is 0 Å². The van der Waals surface area contributed by atoms with Crippen molar-refractivity contribution in [3.05, 3.63) is 81.7 Å². The van der Waals surface area contributed by atoms with Gasteiger partial charge < -0.3 is 15.0 Å². The zero-order chi connectivity index (χ0) is 18.8. The minimum atomic E-state index is -0.673. The van der Waals surface area contributed by atoms with Crippen molar-refractivity contribution in [2.75, 3.05) is 7.11 Å².